The number of hydrogen-bond donors (Lipinski definition) is 2. The molecule has 1 aromatic carbocycles. The molecule has 1 heterocycles. The van der Waals surface area contributed by atoms with Gasteiger partial charge in [-0.05, 0) is 18.4 Å². The summed E-state index contributed by atoms with van der Waals surface area (Å²) < 4.78 is 53.1. The van der Waals surface area contributed by atoms with Crippen molar-refractivity contribution < 1.29 is 17.2 Å². The Bertz CT molecular complexity index is 1030. The summed E-state index contributed by atoms with van der Waals surface area (Å²) in [6, 6.07) is 2.61. The summed E-state index contributed by atoms with van der Waals surface area (Å²) in [5, 5.41) is 5.26. The minimum atomic E-state index is -4.05. The molecule has 0 amide bonds. The Hall–Kier alpha value is -2.65. The van der Waals surface area contributed by atoms with Crippen molar-refractivity contribution in [2.24, 2.45) is 11.1 Å². The van der Waals surface area contributed by atoms with E-state index in [9.17, 15) is 17.2 Å². The molecule has 1 unspecified atom stereocenters. The zero-order valence-corrected chi connectivity index (χ0v) is 14.6. The van der Waals surface area contributed by atoms with Crippen molar-refractivity contribution in [3.8, 4) is 11.3 Å². The lowest BCUT2D eigenvalue weighted by molar-refractivity contribution is 0.508. The summed E-state index contributed by atoms with van der Waals surface area (Å²) in [7, 11) is -4.05. The number of nitrogen functional groups attached to an aromatic ring is 1. The van der Waals surface area contributed by atoms with Gasteiger partial charge in [-0.3, -0.25) is 4.98 Å². The van der Waals surface area contributed by atoms with E-state index in [1.807, 2.05) is 0 Å². The van der Waals surface area contributed by atoms with Gasteiger partial charge in [0.1, 0.15) is 5.82 Å². The normalized spacial score (nSPS) is 17.6. The largest absolute Gasteiger partial charge is 0.382 e. The van der Waals surface area contributed by atoms with Gasteiger partial charge in [0.2, 0.25) is 10.0 Å². The van der Waals surface area contributed by atoms with Crippen molar-refractivity contribution in [3.63, 3.8) is 0 Å². The van der Waals surface area contributed by atoms with E-state index in [1.54, 1.807) is 13.0 Å². The average Bonchev–Trinajstić information content (AvgIpc) is 2.58. The minimum absolute atomic E-state index is 0.0527. The highest BCUT2D eigenvalue weighted by atomic mass is 32.2. The van der Waals surface area contributed by atoms with Gasteiger partial charge in [-0.1, -0.05) is 25.1 Å². The van der Waals surface area contributed by atoms with Gasteiger partial charge in [0.25, 0.3) is 0 Å². The molecule has 0 aliphatic heterocycles. The first-order valence-corrected chi connectivity index (χ1v) is 9.23. The third-order valence-corrected chi connectivity index (χ3v) is 5.14. The van der Waals surface area contributed by atoms with E-state index in [1.165, 1.54) is 30.6 Å². The molecule has 0 saturated carbocycles. The molecule has 136 valence electrons. The molecular formula is C17H16F2N4O2S. The van der Waals surface area contributed by atoms with E-state index in [4.69, 9.17) is 10.9 Å². The van der Waals surface area contributed by atoms with E-state index < -0.39 is 21.7 Å². The van der Waals surface area contributed by atoms with E-state index in [2.05, 4.69) is 9.97 Å². The molecule has 1 aliphatic carbocycles. The summed E-state index contributed by atoms with van der Waals surface area (Å²) in [4.78, 5) is 7.60. The first-order chi connectivity index (χ1) is 12.2. The van der Waals surface area contributed by atoms with Gasteiger partial charge in [0.15, 0.2) is 11.6 Å². The van der Waals surface area contributed by atoms with Gasteiger partial charge in [-0.2, -0.15) is 0 Å². The third-order valence-electron chi connectivity index (χ3n) is 4.06. The molecule has 9 heteroatoms. The number of nitrogens with two attached hydrogens (primary N) is 2. The molecule has 6 nitrogen and oxygen atoms in total. The lowest BCUT2D eigenvalue weighted by Gasteiger charge is -2.19. The van der Waals surface area contributed by atoms with Gasteiger partial charge >= 0.3 is 0 Å². The number of hydrogen-bond acceptors (Lipinski definition) is 5. The molecular weight excluding hydrogens is 362 g/mol. The summed E-state index contributed by atoms with van der Waals surface area (Å²) in [6.45, 7) is 1.80. The van der Waals surface area contributed by atoms with Crippen LogP contribution in [0.1, 0.15) is 18.9 Å². The standard InChI is InChI=1S/C17H16F2N4O2S/c1-9-2-3-10(14(6-9)26(21,24)25)11-4-5-12(17(19)16(11)18)13-7-23-15(20)8-22-13/h2-5,7-9H,6H2,1H3,(H2,20,23)(H2,21,24,25). The molecule has 1 atom stereocenters. The van der Waals surface area contributed by atoms with Crippen LogP contribution in [0.25, 0.3) is 16.8 Å². The monoisotopic (exact) mass is 378 g/mol. The summed E-state index contributed by atoms with van der Waals surface area (Å²) in [5.41, 5.74) is 5.31. The van der Waals surface area contributed by atoms with Crippen molar-refractivity contribution >= 4 is 21.4 Å². The molecule has 3 rings (SSSR count). The zero-order chi connectivity index (χ0) is 19.1. The van der Waals surface area contributed by atoms with Crippen molar-refractivity contribution in [3.05, 3.63) is 58.8 Å². The fraction of sp³-hybridized carbons (Fsp3) is 0.176. The number of rotatable bonds is 3. The Labute approximate surface area is 149 Å². The molecule has 0 radical (unpaired) electrons. The Balaban J connectivity index is 2.17. The fourth-order valence-corrected chi connectivity index (χ4v) is 3.75. The van der Waals surface area contributed by atoms with Crippen LogP contribution in [0.5, 0.6) is 0 Å². The molecule has 1 aliphatic rings. The summed E-state index contributed by atoms with van der Waals surface area (Å²) in [5.74, 6) is -2.27. The summed E-state index contributed by atoms with van der Waals surface area (Å²) >= 11 is 0. The maximum atomic E-state index is 14.7. The highest BCUT2D eigenvalue weighted by molar-refractivity contribution is 7.93. The van der Waals surface area contributed by atoms with Crippen LogP contribution in [-0.4, -0.2) is 18.4 Å². The molecule has 1 aromatic heterocycles. The predicted molar refractivity (Wildman–Crippen MR) is 94.7 cm³/mol. The van der Waals surface area contributed by atoms with Crippen LogP contribution >= 0.6 is 0 Å². The highest BCUT2D eigenvalue weighted by Gasteiger charge is 2.26. The van der Waals surface area contributed by atoms with Crippen LogP contribution in [0.3, 0.4) is 0 Å². The number of benzene rings is 1. The molecule has 0 spiro atoms. The Morgan fingerprint density at radius 2 is 1.77 bits per heavy atom. The van der Waals surface area contributed by atoms with Crippen LogP contribution in [0.2, 0.25) is 0 Å². The number of anilines is 1. The van der Waals surface area contributed by atoms with Crippen molar-refractivity contribution in [2.75, 3.05) is 5.73 Å². The summed E-state index contributed by atoms with van der Waals surface area (Å²) in [6.07, 6.45) is 5.75. The molecule has 26 heavy (non-hydrogen) atoms. The lowest BCUT2D eigenvalue weighted by atomic mass is 9.92. The number of primary sulfonamides is 1. The van der Waals surface area contributed by atoms with Gasteiger partial charge < -0.3 is 5.73 Å². The topological polar surface area (TPSA) is 112 Å². The van der Waals surface area contributed by atoms with Crippen LogP contribution in [-0.2, 0) is 10.0 Å². The van der Waals surface area contributed by atoms with Crippen molar-refractivity contribution in [1.82, 2.24) is 9.97 Å². The third kappa shape index (κ3) is 3.35. The van der Waals surface area contributed by atoms with Gasteiger partial charge in [0.05, 0.1) is 23.0 Å². The van der Waals surface area contributed by atoms with Crippen molar-refractivity contribution in [2.45, 2.75) is 13.3 Å². The lowest BCUT2D eigenvalue weighted by Crippen LogP contribution is -2.19. The van der Waals surface area contributed by atoms with Gasteiger partial charge in [0, 0.05) is 16.7 Å². The number of aromatic nitrogens is 2. The number of halogens is 2. The highest BCUT2D eigenvalue weighted by Crippen LogP contribution is 2.36. The number of sulfonamides is 1. The molecule has 4 N–H and O–H groups in total. The molecule has 0 bridgehead atoms. The smallest absolute Gasteiger partial charge is 0.234 e. The molecule has 0 saturated heterocycles. The van der Waals surface area contributed by atoms with Gasteiger partial charge in [-0.15, -0.1) is 0 Å². The van der Waals surface area contributed by atoms with E-state index in [-0.39, 0.29) is 45.5 Å². The SMILES string of the molecule is CC1C=CC(c2ccc(-c3cnc(N)cn3)c(F)c2F)=C(S(N)(=O)=O)C1. The quantitative estimate of drug-likeness (QED) is 0.853. The maximum absolute atomic E-state index is 14.7. The predicted octanol–water partition coefficient (Wildman–Crippen LogP) is 2.60. The average molecular weight is 378 g/mol. The second-order valence-electron chi connectivity index (χ2n) is 6.04. The maximum Gasteiger partial charge on any atom is 0.234 e. The van der Waals surface area contributed by atoms with Crippen LogP contribution in [0.4, 0.5) is 14.6 Å². The second-order valence-corrected chi connectivity index (χ2v) is 7.62. The van der Waals surface area contributed by atoms with Crippen LogP contribution in [0, 0.1) is 17.6 Å². The molecule has 2 aromatic rings. The van der Waals surface area contributed by atoms with E-state index in [0.717, 1.165) is 0 Å². The Morgan fingerprint density at radius 1 is 1.12 bits per heavy atom. The fourth-order valence-electron chi connectivity index (χ4n) is 2.77. The number of nitrogens with zero attached hydrogens (tertiary/aromatic N) is 2. The Kier molecular flexibility index (Phi) is 4.59. The first kappa shape index (κ1) is 18.2. The Morgan fingerprint density at radius 3 is 2.38 bits per heavy atom. The van der Waals surface area contributed by atoms with Gasteiger partial charge in [-0.25, -0.2) is 27.3 Å². The number of allylic oxidation sites excluding steroid dienone is 4. The van der Waals surface area contributed by atoms with E-state index >= 15 is 0 Å². The molecule has 0 fully saturated rings. The van der Waals surface area contributed by atoms with Crippen LogP contribution < -0.4 is 10.9 Å². The minimum Gasteiger partial charge on any atom is -0.382 e. The van der Waals surface area contributed by atoms with E-state index in [0.29, 0.717) is 0 Å². The second kappa shape index (κ2) is 6.58. The first-order valence-electron chi connectivity index (χ1n) is 7.69. The zero-order valence-electron chi connectivity index (χ0n) is 13.8. The van der Waals surface area contributed by atoms with Crippen LogP contribution in [0.15, 0.2) is 41.6 Å². The van der Waals surface area contributed by atoms with Crippen molar-refractivity contribution in [1.29, 1.82) is 0 Å².